The SMILES string of the molecule is COc1ccc(CN2CCC(C#N)CC2)cc1OCC(O)CN(C)C(C)C. The smallest absolute Gasteiger partial charge is 0.161 e. The summed E-state index contributed by atoms with van der Waals surface area (Å²) in [4.78, 5) is 4.46. The molecule has 0 saturated carbocycles. The molecule has 1 atom stereocenters. The number of nitriles is 1. The van der Waals surface area contributed by atoms with Gasteiger partial charge in [0.05, 0.1) is 13.2 Å². The zero-order valence-corrected chi connectivity index (χ0v) is 17.0. The second-order valence-corrected chi connectivity index (χ2v) is 7.66. The van der Waals surface area contributed by atoms with Crippen molar-refractivity contribution >= 4 is 0 Å². The molecular weight excluding hydrogens is 342 g/mol. The Labute approximate surface area is 163 Å². The summed E-state index contributed by atoms with van der Waals surface area (Å²) in [5.74, 6) is 1.53. The molecule has 1 unspecified atom stereocenters. The van der Waals surface area contributed by atoms with Crippen LogP contribution in [0.25, 0.3) is 0 Å². The van der Waals surface area contributed by atoms with E-state index in [2.05, 4.69) is 29.7 Å². The van der Waals surface area contributed by atoms with E-state index in [1.54, 1.807) is 7.11 Å². The molecule has 1 aromatic rings. The Hall–Kier alpha value is -1.81. The Morgan fingerprint density at radius 3 is 2.59 bits per heavy atom. The molecule has 1 aromatic carbocycles. The Morgan fingerprint density at radius 1 is 1.30 bits per heavy atom. The van der Waals surface area contributed by atoms with E-state index in [-0.39, 0.29) is 12.5 Å². The van der Waals surface area contributed by atoms with Crippen LogP contribution < -0.4 is 9.47 Å². The molecule has 1 saturated heterocycles. The van der Waals surface area contributed by atoms with E-state index in [0.29, 0.717) is 24.1 Å². The highest BCUT2D eigenvalue weighted by molar-refractivity contribution is 5.43. The van der Waals surface area contributed by atoms with Gasteiger partial charge in [-0.25, -0.2) is 0 Å². The molecule has 6 heteroatoms. The number of methoxy groups -OCH3 is 1. The minimum atomic E-state index is -0.559. The lowest BCUT2D eigenvalue weighted by Gasteiger charge is -2.29. The van der Waals surface area contributed by atoms with Crippen molar-refractivity contribution in [3.05, 3.63) is 23.8 Å². The van der Waals surface area contributed by atoms with E-state index in [0.717, 1.165) is 38.0 Å². The van der Waals surface area contributed by atoms with Crippen LogP contribution in [-0.4, -0.2) is 67.5 Å². The predicted octanol–water partition coefficient (Wildman–Crippen LogP) is 2.51. The topological polar surface area (TPSA) is 69.0 Å². The predicted molar refractivity (Wildman–Crippen MR) is 106 cm³/mol. The monoisotopic (exact) mass is 375 g/mol. The number of aliphatic hydroxyl groups is 1. The van der Waals surface area contributed by atoms with Gasteiger partial charge >= 0.3 is 0 Å². The van der Waals surface area contributed by atoms with Gasteiger partial charge in [0.1, 0.15) is 12.7 Å². The maximum atomic E-state index is 10.2. The Kier molecular flexibility index (Phi) is 8.36. The van der Waals surface area contributed by atoms with Gasteiger partial charge in [0.15, 0.2) is 11.5 Å². The van der Waals surface area contributed by atoms with Crippen LogP contribution >= 0.6 is 0 Å². The summed E-state index contributed by atoms with van der Waals surface area (Å²) in [6.45, 7) is 7.70. The highest BCUT2D eigenvalue weighted by atomic mass is 16.5. The molecule has 1 aliphatic heterocycles. The third-order valence-electron chi connectivity index (χ3n) is 5.22. The van der Waals surface area contributed by atoms with Gasteiger partial charge in [-0.3, -0.25) is 4.90 Å². The van der Waals surface area contributed by atoms with Gasteiger partial charge in [-0.15, -0.1) is 0 Å². The summed E-state index contributed by atoms with van der Waals surface area (Å²) in [6, 6.07) is 8.70. The summed E-state index contributed by atoms with van der Waals surface area (Å²) >= 11 is 0. The first-order chi connectivity index (χ1) is 12.9. The summed E-state index contributed by atoms with van der Waals surface area (Å²) < 4.78 is 11.3. The molecule has 1 N–H and O–H groups in total. The lowest BCUT2D eigenvalue weighted by Crippen LogP contribution is -2.37. The van der Waals surface area contributed by atoms with Crippen LogP contribution in [0.4, 0.5) is 0 Å². The molecule has 0 amide bonds. The largest absolute Gasteiger partial charge is 0.493 e. The van der Waals surface area contributed by atoms with Crippen molar-refractivity contribution in [1.82, 2.24) is 9.80 Å². The molecule has 150 valence electrons. The molecule has 1 fully saturated rings. The second kappa shape index (κ2) is 10.5. The first-order valence-electron chi connectivity index (χ1n) is 9.73. The fraction of sp³-hybridized carbons (Fsp3) is 0.667. The molecule has 27 heavy (non-hydrogen) atoms. The van der Waals surface area contributed by atoms with E-state index in [9.17, 15) is 5.11 Å². The molecule has 2 rings (SSSR count). The number of hydrogen-bond donors (Lipinski definition) is 1. The molecule has 0 aliphatic carbocycles. The lowest BCUT2D eigenvalue weighted by molar-refractivity contribution is 0.0667. The van der Waals surface area contributed by atoms with Gasteiger partial charge in [-0.05, 0) is 64.5 Å². The summed E-state index contributed by atoms with van der Waals surface area (Å²) in [5.41, 5.74) is 1.15. The fourth-order valence-electron chi connectivity index (χ4n) is 3.19. The van der Waals surface area contributed by atoms with Crippen LogP contribution in [-0.2, 0) is 6.54 Å². The van der Waals surface area contributed by atoms with Crippen LogP contribution in [0.3, 0.4) is 0 Å². The van der Waals surface area contributed by atoms with Crippen LogP contribution in [0.2, 0.25) is 0 Å². The first-order valence-corrected chi connectivity index (χ1v) is 9.73. The molecule has 0 aromatic heterocycles. The summed E-state index contributed by atoms with van der Waals surface area (Å²) in [6.07, 6.45) is 1.31. The standard InChI is InChI=1S/C21H33N3O3/c1-16(2)23(3)14-19(25)15-27-21-11-18(5-6-20(21)26-4)13-24-9-7-17(12-22)8-10-24/h5-6,11,16-17,19,25H,7-10,13-15H2,1-4H3. The number of nitrogens with zero attached hydrogens (tertiary/aromatic N) is 3. The molecule has 0 bridgehead atoms. The van der Waals surface area contributed by atoms with E-state index in [1.807, 2.05) is 25.2 Å². The van der Waals surface area contributed by atoms with Gasteiger partial charge in [0.2, 0.25) is 0 Å². The Balaban J connectivity index is 1.93. The fourth-order valence-corrected chi connectivity index (χ4v) is 3.19. The van der Waals surface area contributed by atoms with E-state index in [4.69, 9.17) is 14.7 Å². The minimum absolute atomic E-state index is 0.196. The van der Waals surface area contributed by atoms with Gasteiger partial charge in [0, 0.05) is 25.0 Å². The van der Waals surface area contributed by atoms with Crippen molar-refractivity contribution in [2.45, 2.75) is 45.4 Å². The third kappa shape index (κ3) is 6.69. The van der Waals surface area contributed by atoms with Crippen molar-refractivity contribution in [2.75, 3.05) is 40.4 Å². The molecular formula is C21H33N3O3. The van der Waals surface area contributed by atoms with Crippen molar-refractivity contribution < 1.29 is 14.6 Å². The van der Waals surface area contributed by atoms with Gasteiger partial charge < -0.3 is 19.5 Å². The van der Waals surface area contributed by atoms with Crippen molar-refractivity contribution in [1.29, 1.82) is 5.26 Å². The number of rotatable bonds is 9. The van der Waals surface area contributed by atoms with Crippen molar-refractivity contribution in [3.63, 3.8) is 0 Å². The average Bonchev–Trinajstić information content (AvgIpc) is 2.67. The highest BCUT2D eigenvalue weighted by Gasteiger charge is 2.19. The van der Waals surface area contributed by atoms with E-state index in [1.165, 1.54) is 0 Å². The molecule has 6 nitrogen and oxygen atoms in total. The van der Waals surface area contributed by atoms with Crippen molar-refractivity contribution in [3.8, 4) is 17.6 Å². The Bertz CT molecular complexity index is 622. The maximum Gasteiger partial charge on any atom is 0.161 e. The number of likely N-dealkylation sites (N-methyl/N-ethyl adjacent to an activating group) is 1. The molecule has 0 spiro atoms. The number of ether oxygens (including phenoxy) is 2. The zero-order chi connectivity index (χ0) is 19.8. The molecule has 1 aliphatic rings. The molecule has 1 heterocycles. The number of aliphatic hydroxyl groups excluding tert-OH is 1. The summed E-state index contributed by atoms with van der Waals surface area (Å²) in [7, 11) is 3.61. The van der Waals surface area contributed by atoms with Crippen LogP contribution in [0.1, 0.15) is 32.3 Å². The number of benzene rings is 1. The summed E-state index contributed by atoms with van der Waals surface area (Å²) in [5, 5.41) is 19.3. The lowest BCUT2D eigenvalue weighted by atomic mass is 9.98. The van der Waals surface area contributed by atoms with Crippen molar-refractivity contribution in [2.24, 2.45) is 5.92 Å². The second-order valence-electron chi connectivity index (χ2n) is 7.66. The normalized spacial score (nSPS) is 17.1. The molecule has 0 radical (unpaired) electrons. The zero-order valence-electron chi connectivity index (χ0n) is 17.0. The quantitative estimate of drug-likeness (QED) is 0.715. The van der Waals surface area contributed by atoms with E-state index < -0.39 is 6.10 Å². The third-order valence-corrected chi connectivity index (χ3v) is 5.22. The van der Waals surface area contributed by atoms with Crippen LogP contribution in [0.15, 0.2) is 18.2 Å². The van der Waals surface area contributed by atoms with Crippen LogP contribution in [0.5, 0.6) is 11.5 Å². The van der Waals surface area contributed by atoms with E-state index >= 15 is 0 Å². The van der Waals surface area contributed by atoms with Gasteiger partial charge in [0.25, 0.3) is 0 Å². The highest BCUT2D eigenvalue weighted by Crippen LogP contribution is 2.29. The Morgan fingerprint density at radius 2 is 2.00 bits per heavy atom. The number of piperidine rings is 1. The first kappa shape index (κ1) is 21.5. The maximum absolute atomic E-state index is 10.2. The van der Waals surface area contributed by atoms with Gasteiger partial charge in [-0.1, -0.05) is 6.07 Å². The average molecular weight is 376 g/mol. The number of hydrogen-bond acceptors (Lipinski definition) is 6. The number of likely N-dealkylation sites (tertiary alicyclic amines) is 1. The van der Waals surface area contributed by atoms with Crippen LogP contribution in [0, 0.1) is 17.2 Å². The van der Waals surface area contributed by atoms with Gasteiger partial charge in [-0.2, -0.15) is 5.26 Å². The minimum Gasteiger partial charge on any atom is -0.493 e.